The number of likely N-dealkylation sites (N-methyl/N-ethyl adjacent to an activating group) is 1. The predicted octanol–water partition coefficient (Wildman–Crippen LogP) is -3.63. The Balaban J connectivity index is 1.67. The lowest BCUT2D eigenvalue weighted by Gasteiger charge is -2.48. The summed E-state index contributed by atoms with van der Waals surface area (Å²) in [6, 6.07) is -1.92. The molecule has 1 saturated carbocycles. The molecule has 14 heteroatoms. The van der Waals surface area contributed by atoms with E-state index in [1.807, 2.05) is 6.08 Å². The number of carbonyl (C=O) groups excluding carboxylic acids is 1. The lowest BCUT2D eigenvalue weighted by molar-refractivity contribution is -0.308. The van der Waals surface area contributed by atoms with Crippen LogP contribution in [0.15, 0.2) is 11.8 Å². The van der Waals surface area contributed by atoms with Gasteiger partial charge in [0, 0.05) is 19.0 Å². The number of ether oxygens (including phenoxy) is 4. The minimum Gasteiger partial charge on any atom is -0.467 e. The molecule has 3 aliphatic rings. The fourth-order valence-corrected chi connectivity index (χ4v) is 5.50. The molecule has 2 aliphatic heterocycles. The van der Waals surface area contributed by atoms with Gasteiger partial charge in [0.15, 0.2) is 6.29 Å². The highest BCUT2D eigenvalue weighted by Crippen LogP contribution is 2.35. The molecule has 0 amide bonds. The smallest absolute Gasteiger partial charge is 0.215 e. The van der Waals surface area contributed by atoms with E-state index in [4.69, 9.17) is 36.1 Å². The Hall–Kier alpha value is -1.27. The Morgan fingerprint density at radius 3 is 2.59 bits per heavy atom. The summed E-state index contributed by atoms with van der Waals surface area (Å²) in [7, 11) is 1.60. The lowest BCUT2D eigenvalue weighted by atomic mass is 9.78. The molecule has 0 aromatic rings. The second-order valence-corrected chi connectivity index (χ2v) is 11.0. The SMILES string of the molecule is CN[C@@H]1[C@@H](O)[C@@H](O[C@H]2[C@H](CC=O)C[C@H](N)C(O[C@H]3OC(CNCC(O)CCN)=CC[C@H]3N)[C@@H]2O)OC[C@]1(C)O. The van der Waals surface area contributed by atoms with E-state index in [9.17, 15) is 25.2 Å². The zero-order valence-electron chi connectivity index (χ0n) is 22.7. The minimum absolute atomic E-state index is 0.0755. The van der Waals surface area contributed by atoms with Gasteiger partial charge in [-0.1, -0.05) is 0 Å². The third-order valence-corrected chi connectivity index (χ3v) is 7.67. The number of aldehydes is 1. The molecule has 0 aromatic carbocycles. The molecule has 2 unspecified atom stereocenters. The van der Waals surface area contributed by atoms with Crippen molar-refractivity contribution in [1.29, 1.82) is 0 Å². The Labute approximate surface area is 229 Å². The van der Waals surface area contributed by atoms with E-state index in [1.54, 1.807) is 7.05 Å². The average molecular weight is 562 g/mol. The Kier molecular flexibility index (Phi) is 12.0. The molecule has 3 rings (SSSR count). The molecule has 12 N–H and O–H groups in total. The van der Waals surface area contributed by atoms with Crippen molar-refractivity contribution in [3.8, 4) is 0 Å². The van der Waals surface area contributed by atoms with Crippen molar-refractivity contribution < 1.29 is 44.2 Å². The van der Waals surface area contributed by atoms with Gasteiger partial charge in [-0.05, 0) is 51.8 Å². The quantitative estimate of drug-likeness (QED) is 0.0987. The van der Waals surface area contributed by atoms with Crippen LogP contribution in [0.4, 0.5) is 0 Å². The first kappa shape index (κ1) is 32.2. The molecule has 39 heavy (non-hydrogen) atoms. The number of nitrogens with two attached hydrogens (primary N) is 3. The van der Waals surface area contributed by atoms with Gasteiger partial charge in [0.05, 0.1) is 37.4 Å². The second kappa shape index (κ2) is 14.6. The van der Waals surface area contributed by atoms with E-state index in [-0.39, 0.29) is 13.0 Å². The first-order valence-electron chi connectivity index (χ1n) is 13.6. The molecule has 1 saturated heterocycles. The van der Waals surface area contributed by atoms with Crippen LogP contribution in [0, 0.1) is 5.92 Å². The fourth-order valence-electron chi connectivity index (χ4n) is 5.50. The number of hydrogen-bond acceptors (Lipinski definition) is 14. The number of hydrogen-bond donors (Lipinski definition) is 9. The zero-order valence-corrected chi connectivity index (χ0v) is 22.7. The summed E-state index contributed by atoms with van der Waals surface area (Å²) in [4.78, 5) is 11.4. The topological polar surface area (TPSA) is 237 Å². The maximum Gasteiger partial charge on any atom is 0.215 e. The van der Waals surface area contributed by atoms with Gasteiger partial charge in [-0.3, -0.25) is 0 Å². The van der Waals surface area contributed by atoms with Gasteiger partial charge in [-0.15, -0.1) is 0 Å². The fraction of sp³-hybridized carbons (Fsp3) is 0.880. The molecular weight excluding hydrogens is 514 g/mol. The van der Waals surface area contributed by atoms with Gasteiger partial charge >= 0.3 is 0 Å². The summed E-state index contributed by atoms with van der Waals surface area (Å²) in [6.45, 7) is 2.50. The molecule has 0 spiro atoms. The molecule has 1 aliphatic carbocycles. The summed E-state index contributed by atoms with van der Waals surface area (Å²) in [5, 5.41) is 48.6. The highest BCUT2D eigenvalue weighted by molar-refractivity contribution is 5.50. The van der Waals surface area contributed by atoms with Crippen LogP contribution in [-0.2, 0) is 23.7 Å². The van der Waals surface area contributed by atoms with Crippen LogP contribution in [0.1, 0.15) is 32.6 Å². The molecule has 226 valence electrons. The normalized spacial score (nSPS) is 41.9. The van der Waals surface area contributed by atoms with Gasteiger partial charge in [0.25, 0.3) is 0 Å². The van der Waals surface area contributed by atoms with Crippen molar-refractivity contribution in [2.45, 2.75) is 99.4 Å². The molecule has 2 fully saturated rings. The second-order valence-electron chi connectivity index (χ2n) is 11.0. The molecule has 14 nitrogen and oxygen atoms in total. The molecule has 0 bridgehead atoms. The largest absolute Gasteiger partial charge is 0.467 e. The number of nitrogens with one attached hydrogen (secondary N) is 2. The summed E-state index contributed by atoms with van der Waals surface area (Å²) in [5.41, 5.74) is 16.8. The van der Waals surface area contributed by atoms with E-state index in [1.165, 1.54) is 6.92 Å². The van der Waals surface area contributed by atoms with Gasteiger partial charge in [0.2, 0.25) is 6.29 Å². The van der Waals surface area contributed by atoms with Crippen molar-refractivity contribution in [2.24, 2.45) is 23.1 Å². The van der Waals surface area contributed by atoms with Crippen molar-refractivity contribution >= 4 is 6.29 Å². The first-order chi connectivity index (χ1) is 18.5. The van der Waals surface area contributed by atoms with E-state index in [2.05, 4.69) is 10.6 Å². The van der Waals surface area contributed by atoms with Crippen molar-refractivity contribution in [1.82, 2.24) is 10.6 Å². The van der Waals surface area contributed by atoms with E-state index < -0.39 is 72.7 Å². The third-order valence-electron chi connectivity index (χ3n) is 7.67. The minimum atomic E-state index is -1.34. The summed E-state index contributed by atoms with van der Waals surface area (Å²) in [6.07, 6.45) is -3.21. The lowest BCUT2D eigenvalue weighted by Crippen LogP contribution is -2.67. The highest BCUT2D eigenvalue weighted by Gasteiger charge is 2.51. The maximum absolute atomic E-state index is 11.4. The molecule has 0 aromatic heterocycles. The third kappa shape index (κ3) is 8.15. The monoisotopic (exact) mass is 561 g/mol. The Morgan fingerprint density at radius 2 is 1.92 bits per heavy atom. The molecular formula is C25H47N5O9. The van der Waals surface area contributed by atoms with Crippen molar-refractivity contribution in [3.63, 3.8) is 0 Å². The summed E-state index contributed by atoms with van der Waals surface area (Å²) in [5.74, 6) is 0.121. The van der Waals surface area contributed by atoms with Gasteiger partial charge in [-0.25, -0.2) is 0 Å². The van der Waals surface area contributed by atoms with Crippen LogP contribution in [0.2, 0.25) is 0 Å². The maximum atomic E-state index is 11.4. The van der Waals surface area contributed by atoms with Crippen LogP contribution >= 0.6 is 0 Å². The van der Waals surface area contributed by atoms with Crippen LogP contribution in [-0.4, -0.2) is 127 Å². The van der Waals surface area contributed by atoms with Crippen molar-refractivity contribution in [2.75, 3.05) is 33.3 Å². The number of aliphatic hydroxyl groups excluding tert-OH is 3. The highest BCUT2D eigenvalue weighted by atomic mass is 16.7. The molecule has 0 radical (unpaired) electrons. The summed E-state index contributed by atoms with van der Waals surface area (Å²) < 4.78 is 23.8. The summed E-state index contributed by atoms with van der Waals surface area (Å²) >= 11 is 0. The van der Waals surface area contributed by atoms with E-state index in [0.29, 0.717) is 44.7 Å². The van der Waals surface area contributed by atoms with E-state index >= 15 is 0 Å². The van der Waals surface area contributed by atoms with Gasteiger partial charge < -0.3 is 72.0 Å². The van der Waals surface area contributed by atoms with Gasteiger partial charge in [0.1, 0.15) is 36.0 Å². The molecule has 2 heterocycles. The van der Waals surface area contributed by atoms with Crippen molar-refractivity contribution in [3.05, 3.63) is 11.8 Å². The average Bonchev–Trinajstić information content (AvgIpc) is 2.87. The Morgan fingerprint density at radius 1 is 1.21 bits per heavy atom. The van der Waals surface area contributed by atoms with Crippen LogP contribution in [0.3, 0.4) is 0 Å². The Bertz CT molecular complexity index is 806. The van der Waals surface area contributed by atoms with Crippen LogP contribution < -0.4 is 27.8 Å². The predicted molar refractivity (Wildman–Crippen MR) is 140 cm³/mol. The van der Waals surface area contributed by atoms with E-state index in [0.717, 1.165) is 6.29 Å². The number of aliphatic hydroxyl groups is 4. The number of carbonyl (C=O) groups is 1. The van der Waals surface area contributed by atoms with Crippen LogP contribution in [0.5, 0.6) is 0 Å². The standard InChI is InChI=1S/C25H47N5O9/c1-25(35)12-36-24(19(34)22(25)29-2)38-20-13(6-8-31)9-17(28)21(18(20)33)39-23-16(27)4-3-15(37-23)11-30-10-14(32)5-7-26/h3,8,13-14,16-24,29-30,32-35H,4-7,9-12,26-28H2,1-2H3/t13-,14?,16-,17+,18-,19-,20+,21?,22-,23-,24-,25+/m1/s1. The van der Waals surface area contributed by atoms with Crippen LogP contribution in [0.25, 0.3) is 0 Å². The zero-order chi connectivity index (χ0) is 28.7. The first-order valence-corrected chi connectivity index (χ1v) is 13.6. The number of rotatable bonds is 13. The molecule has 12 atom stereocenters. The van der Waals surface area contributed by atoms with Gasteiger partial charge in [-0.2, -0.15) is 0 Å².